The summed E-state index contributed by atoms with van der Waals surface area (Å²) in [6.07, 6.45) is 0. The van der Waals surface area contributed by atoms with Crippen LogP contribution in [0.25, 0.3) is 0 Å². The minimum absolute atomic E-state index is 0. The van der Waals surface area contributed by atoms with Crippen LogP contribution in [0.1, 0.15) is 0 Å². The van der Waals surface area contributed by atoms with Gasteiger partial charge < -0.3 is 27.6 Å². The van der Waals surface area contributed by atoms with Crippen LogP contribution in [-0.4, -0.2) is 13.3 Å². The van der Waals surface area contributed by atoms with E-state index in [2.05, 4.69) is 11.2 Å². The van der Waals surface area contributed by atoms with Crippen LogP contribution in [0.2, 0.25) is 0 Å². The van der Waals surface area contributed by atoms with Gasteiger partial charge in [0, 0.05) is 0 Å². The molecule has 11 N–H and O–H groups in total. The van der Waals surface area contributed by atoms with Gasteiger partial charge in [-0.05, 0) is 11.2 Å². The zero-order valence-electron chi connectivity index (χ0n) is 4.75. The van der Waals surface area contributed by atoms with Crippen molar-refractivity contribution in [2.24, 2.45) is 0 Å². The SMILES string of the molecule is N.O=S([O-])([O-])=S.[NH4+].[NH4+]. The zero-order valence-corrected chi connectivity index (χ0v) is 6.38. The van der Waals surface area contributed by atoms with Crippen molar-refractivity contribution < 1.29 is 13.3 Å². The van der Waals surface area contributed by atoms with Crippen molar-refractivity contribution in [1.29, 1.82) is 0 Å². The third kappa shape index (κ3) is 5710. The second-order valence-electron chi connectivity index (χ2n) is 0.408. The molecule has 0 spiro atoms. The molecule has 0 atom stereocenters. The summed E-state index contributed by atoms with van der Waals surface area (Å²) in [6.45, 7) is 0. The van der Waals surface area contributed by atoms with Crippen molar-refractivity contribution in [3.05, 3.63) is 0 Å². The molecule has 0 unspecified atom stereocenters. The van der Waals surface area contributed by atoms with Crippen LogP contribution in [0.15, 0.2) is 0 Å². The fourth-order valence-electron chi connectivity index (χ4n) is 0. The quantitative estimate of drug-likeness (QED) is 0.454. The molecule has 0 amide bonds. The summed E-state index contributed by atoms with van der Waals surface area (Å²) in [5.74, 6) is 0. The summed E-state index contributed by atoms with van der Waals surface area (Å²) in [4.78, 5) is 0. The molecule has 56 valence electrons. The van der Waals surface area contributed by atoms with Gasteiger partial charge in [-0.3, -0.25) is 4.21 Å². The van der Waals surface area contributed by atoms with Crippen LogP contribution < -0.4 is 18.5 Å². The van der Waals surface area contributed by atoms with E-state index in [0.717, 1.165) is 0 Å². The molecule has 8 heavy (non-hydrogen) atoms. The lowest BCUT2D eigenvalue weighted by Gasteiger charge is -2.12. The molecule has 0 aromatic carbocycles. The summed E-state index contributed by atoms with van der Waals surface area (Å²) in [5, 5.41) is 0. The Balaban J connectivity index is -0.0000000267. The Morgan fingerprint density at radius 3 is 1.25 bits per heavy atom. The highest BCUT2D eigenvalue weighted by Crippen LogP contribution is 1.60. The van der Waals surface area contributed by atoms with E-state index < -0.39 is 9.05 Å². The molecule has 0 aliphatic heterocycles. The van der Waals surface area contributed by atoms with Crippen LogP contribution in [-0.2, 0) is 20.2 Å². The highest BCUT2D eigenvalue weighted by atomic mass is 32.9. The van der Waals surface area contributed by atoms with Crippen molar-refractivity contribution in [1.82, 2.24) is 18.5 Å². The monoisotopic (exact) mass is 165 g/mol. The lowest BCUT2D eigenvalue weighted by atomic mass is 14.0. The smallest absolute Gasteiger partial charge is 0.0484 e. The van der Waals surface area contributed by atoms with Crippen LogP contribution in [0, 0.1) is 0 Å². The molecule has 0 radical (unpaired) electrons. The minimum Gasteiger partial charge on any atom is -0.780 e. The Kier molecular flexibility index (Phi) is 21.6. The number of hydrogen-bond donors (Lipinski definition) is 3. The average Bonchev–Trinajstić information content (AvgIpc) is 0.722. The molecule has 0 saturated heterocycles. The fraction of sp³-hybridized carbons (Fsp3) is 0. The molecule has 0 saturated carbocycles. The Morgan fingerprint density at radius 2 is 1.25 bits per heavy atom. The maximum absolute atomic E-state index is 8.89. The van der Waals surface area contributed by atoms with Gasteiger partial charge >= 0.3 is 0 Å². The summed E-state index contributed by atoms with van der Waals surface area (Å²) in [7, 11) is -4.33. The first-order chi connectivity index (χ1) is 2.00. The van der Waals surface area contributed by atoms with E-state index >= 15 is 0 Å². The van der Waals surface area contributed by atoms with E-state index in [1.54, 1.807) is 0 Å². The predicted octanol–water partition coefficient (Wildman–Crippen LogP) is -0.0921. The molecule has 0 heterocycles. The third-order valence-corrected chi connectivity index (χ3v) is 0. The van der Waals surface area contributed by atoms with Gasteiger partial charge in [0.2, 0.25) is 0 Å². The van der Waals surface area contributed by atoms with Gasteiger partial charge in [0.15, 0.2) is 0 Å². The largest absolute Gasteiger partial charge is 0.780 e. The molecular formula is H11N3O3S2. The maximum atomic E-state index is 8.89. The molecule has 0 bridgehead atoms. The Bertz CT molecular complexity index is 95.7. The highest BCUT2D eigenvalue weighted by Gasteiger charge is 1.43. The van der Waals surface area contributed by atoms with Crippen molar-refractivity contribution in [3.8, 4) is 0 Å². The van der Waals surface area contributed by atoms with E-state index in [4.69, 9.17) is 13.3 Å². The zero-order chi connectivity index (χ0) is 4.50. The first-order valence-corrected chi connectivity index (χ1v) is 3.00. The van der Waals surface area contributed by atoms with Crippen molar-refractivity contribution in [2.75, 3.05) is 0 Å². The molecule has 0 aliphatic rings. The van der Waals surface area contributed by atoms with E-state index in [-0.39, 0.29) is 18.5 Å². The highest BCUT2D eigenvalue weighted by molar-refractivity contribution is 8.26. The minimum atomic E-state index is -4.33. The summed E-state index contributed by atoms with van der Waals surface area (Å²) in [6, 6.07) is 0. The summed E-state index contributed by atoms with van der Waals surface area (Å²) >= 11 is 3.24. The van der Waals surface area contributed by atoms with E-state index in [9.17, 15) is 0 Å². The predicted molar refractivity (Wildman–Crippen MR) is 34.1 cm³/mol. The molecule has 6 nitrogen and oxygen atoms in total. The van der Waals surface area contributed by atoms with E-state index in [1.165, 1.54) is 0 Å². The van der Waals surface area contributed by atoms with Crippen molar-refractivity contribution in [2.45, 2.75) is 0 Å². The molecule has 0 rings (SSSR count). The van der Waals surface area contributed by atoms with Crippen molar-refractivity contribution in [3.63, 3.8) is 0 Å². The van der Waals surface area contributed by atoms with Crippen molar-refractivity contribution >= 4 is 20.2 Å². The van der Waals surface area contributed by atoms with Gasteiger partial charge in [-0.15, -0.1) is 9.05 Å². The maximum Gasteiger partial charge on any atom is -0.0484 e. The topological polar surface area (TPSA) is 171 Å². The van der Waals surface area contributed by atoms with Gasteiger partial charge in [-0.2, -0.15) is 0 Å². The molecule has 0 fully saturated rings. The second kappa shape index (κ2) is 7.17. The lowest BCUT2D eigenvalue weighted by molar-refractivity contribution is 0.416. The van der Waals surface area contributed by atoms with Crippen LogP contribution in [0.5, 0.6) is 0 Å². The molecule has 0 aliphatic carbocycles. The number of hydrogen-bond acceptors (Lipinski definition) is 5. The first kappa shape index (κ1) is 24.2. The van der Waals surface area contributed by atoms with Crippen LogP contribution in [0.4, 0.5) is 0 Å². The van der Waals surface area contributed by atoms with Gasteiger partial charge in [-0.25, -0.2) is 0 Å². The Hall–Kier alpha value is 0.170. The lowest BCUT2D eigenvalue weighted by Crippen LogP contribution is -1.88. The summed E-state index contributed by atoms with van der Waals surface area (Å²) in [5.41, 5.74) is 0. The van der Waals surface area contributed by atoms with E-state index in [0.29, 0.717) is 0 Å². The van der Waals surface area contributed by atoms with Gasteiger partial charge in [0.1, 0.15) is 0 Å². The van der Waals surface area contributed by atoms with Crippen LogP contribution >= 0.6 is 0 Å². The third-order valence-electron chi connectivity index (χ3n) is 0. The molecule has 0 aromatic rings. The van der Waals surface area contributed by atoms with Gasteiger partial charge in [0.25, 0.3) is 0 Å². The summed E-state index contributed by atoms with van der Waals surface area (Å²) < 4.78 is 26.7. The number of quaternary nitrogens is 2. The normalized spacial score (nSPS) is 7.25. The molecule has 0 aromatic heterocycles. The standard InChI is InChI=1S/3H3N.H2O3S2/c;;;1-5(2,3)4/h3*1H3;(H2,1,2,3,4). The average molecular weight is 165 g/mol. The van der Waals surface area contributed by atoms with Gasteiger partial charge in [-0.1, -0.05) is 0 Å². The Labute approximate surface area is 52.7 Å². The second-order valence-corrected chi connectivity index (χ2v) is 2.45. The molecular weight excluding hydrogens is 154 g/mol. The molecule has 8 heteroatoms. The van der Waals surface area contributed by atoms with Gasteiger partial charge in [0.05, 0.1) is 0 Å². The van der Waals surface area contributed by atoms with Crippen LogP contribution in [0.3, 0.4) is 0 Å². The Morgan fingerprint density at radius 1 is 1.25 bits per heavy atom. The fourth-order valence-corrected chi connectivity index (χ4v) is 0. The van der Waals surface area contributed by atoms with E-state index in [1.807, 2.05) is 0 Å². The number of rotatable bonds is 0. The first-order valence-electron chi connectivity index (χ1n) is 0.667.